The molecule has 172 valence electrons. The van der Waals surface area contributed by atoms with Crippen molar-refractivity contribution in [2.24, 2.45) is 5.92 Å². The first-order valence-electron chi connectivity index (χ1n) is 10.3. The van der Waals surface area contributed by atoms with Gasteiger partial charge in [0.1, 0.15) is 18.1 Å². The van der Waals surface area contributed by atoms with Crippen LogP contribution in [-0.2, 0) is 11.0 Å². The number of likely N-dealkylation sites (tertiary alicyclic amines) is 1. The Balaban J connectivity index is 1.40. The highest BCUT2D eigenvalue weighted by molar-refractivity contribution is 5.94. The second-order valence-electron chi connectivity index (χ2n) is 7.46. The Bertz CT molecular complexity index is 924. The first-order valence-corrected chi connectivity index (χ1v) is 10.3. The molecular formula is C23H25F3N2O4. The van der Waals surface area contributed by atoms with Crippen LogP contribution < -0.4 is 14.8 Å². The molecule has 1 aliphatic rings. The normalized spacial score (nSPS) is 14.7. The number of amides is 2. The van der Waals surface area contributed by atoms with E-state index in [0.717, 1.165) is 12.1 Å². The lowest BCUT2D eigenvalue weighted by atomic mass is 9.95. The van der Waals surface area contributed by atoms with Crippen LogP contribution in [0.2, 0.25) is 0 Å². The topological polar surface area (TPSA) is 67.9 Å². The fraction of sp³-hybridized carbons (Fsp3) is 0.391. The van der Waals surface area contributed by atoms with Gasteiger partial charge in [0, 0.05) is 30.6 Å². The van der Waals surface area contributed by atoms with Crippen LogP contribution in [0.3, 0.4) is 0 Å². The minimum Gasteiger partial charge on any atom is -0.497 e. The third-order valence-electron chi connectivity index (χ3n) is 5.32. The van der Waals surface area contributed by atoms with Gasteiger partial charge in [-0.2, -0.15) is 13.2 Å². The number of benzene rings is 2. The Hall–Kier alpha value is -3.23. The van der Waals surface area contributed by atoms with Gasteiger partial charge in [0.25, 0.3) is 5.91 Å². The summed E-state index contributed by atoms with van der Waals surface area (Å²) in [5.41, 5.74) is -0.588. The maximum atomic E-state index is 12.7. The predicted molar refractivity (Wildman–Crippen MR) is 112 cm³/mol. The Morgan fingerprint density at radius 3 is 2.34 bits per heavy atom. The van der Waals surface area contributed by atoms with E-state index in [9.17, 15) is 22.8 Å². The van der Waals surface area contributed by atoms with E-state index in [1.807, 2.05) is 12.1 Å². The number of alkyl halides is 3. The molecular weight excluding hydrogens is 425 g/mol. The lowest BCUT2D eigenvalue weighted by molar-refractivity contribution is -0.137. The van der Waals surface area contributed by atoms with Gasteiger partial charge in [-0.1, -0.05) is 6.07 Å². The number of hydrogen-bond acceptors (Lipinski definition) is 4. The van der Waals surface area contributed by atoms with E-state index in [0.29, 0.717) is 50.6 Å². The van der Waals surface area contributed by atoms with Crippen LogP contribution in [0.1, 0.15) is 28.8 Å². The summed E-state index contributed by atoms with van der Waals surface area (Å²) >= 11 is 0. The summed E-state index contributed by atoms with van der Waals surface area (Å²) in [4.78, 5) is 26.5. The molecule has 2 aromatic rings. The summed E-state index contributed by atoms with van der Waals surface area (Å²) in [6, 6.07) is 11.4. The lowest BCUT2D eigenvalue weighted by Gasteiger charge is -2.31. The summed E-state index contributed by atoms with van der Waals surface area (Å²) in [5, 5.41) is 2.84. The van der Waals surface area contributed by atoms with Crippen LogP contribution in [-0.4, -0.2) is 50.1 Å². The van der Waals surface area contributed by atoms with Gasteiger partial charge in [-0.15, -0.1) is 0 Å². The number of nitrogens with one attached hydrogen (secondary N) is 1. The Morgan fingerprint density at radius 1 is 1.06 bits per heavy atom. The van der Waals surface area contributed by atoms with Crippen molar-refractivity contribution in [3.8, 4) is 11.5 Å². The van der Waals surface area contributed by atoms with Crippen molar-refractivity contribution in [3.63, 3.8) is 0 Å². The highest BCUT2D eigenvalue weighted by Gasteiger charge is 2.31. The predicted octanol–water partition coefficient (Wildman–Crippen LogP) is 3.76. The van der Waals surface area contributed by atoms with E-state index in [1.54, 1.807) is 24.1 Å². The zero-order valence-corrected chi connectivity index (χ0v) is 17.7. The first-order chi connectivity index (χ1) is 15.3. The molecule has 0 spiro atoms. The van der Waals surface area contributed by atoms with Crippen molar-refractivity contribution in [2.75, 3.05) is 33.4 Å². The van der Waals surface area contributed by atoms with Crippen molar-refractivity contribution in [3.05, 3.63) is 59.7 Å². The molecule has 6 nitrogen and oxygen atoms in total. The maximum absolute atomic E-state index is 12.7. The van der Waals surface area contributed by atoms with Crippen molar-refractivity contribution >= 4 is 11.8 Å². The highest BCUT2D eigenvalue weighted by atomic mass is 19.4. The van der Waals surface area contributed by atoms with Crippen LogP contribution in [0.25, 0.3) is 0 Å². The first kappa shape index (κ1) is 23.4. The van der Waals surface area contributed by atoms with E-state index in [2.05, 4.69) is 5.32 Å². The van der Waals surface area contributed by atoms with E-state index in [-0.39, 0.29) is 23.3 Å². The third kappa shape index (κ3) is 6.15. The molecule has 0 bridgehead atoms. The number of ether oxygens (including phenoxy) is 2. The molecule has 1 heterocycles. The summed E-state index contributed by atoms with van der Waals surface area (Å²) in [6.45, 7) is 1.40. The minimum atomic E-state index is -4.44. The molecule has 0 radical (unpaired) electrons. The standard InChI is InChI=1S/C23H25F3N2O4/c1-31-19-3-2-4-20(15-19)32-14-11-27-21(29)16-9-12-28(13-10-16)22(30)17-5-7-18(8-6-17)23(24,25)26/h2-8,15-16H,9-14H2,1H3,(H,27,29). The zero-order valence-electron chi connectivity index (χ0n) is 17.7. The van der Waals surface area contributed by atoms with Gasteiger partial charge in [0.05, 0.1) is 19.2 Å². The molecule has 1 N–H and O–H groups in total. The molecule has 0 saturated carbocycles. The monoisotopic (exact) mass is 450 g/mol. The number of rotatable bonds is 7. The van der Waals surface area contributed by atoms with Crippen molar-refractivity contribution in [2.45, 2.75) is 19.0 Å². The molecule has 9 heteroatoms. The quantitative estimate of drug-likeness (QED) is 0.653. The number of carbonyl (C=O) groups excluding carboxylic acids is 2. The van der Waals surface area contributed by atoms with E-state index >= 15 is 0 Å². The SMILES string of the molecule is COc1cccc(OCCNC(=O)C2CCN(C(=O)c3ccc(C(F)(F)F)cc3)CC2)c1. The average Bonchev–Trinajstić information content (AvgIpc) is 2.81. The van der Waals surface area contributed by atoms with Gasteiger partial charge in [0.2, 0.25) is 5.91 Å². The van der Waals surface area contributed by atoms with Gasteiger partial charge < -0.3 is 19.7 Å². The molecule has 1 aliphatic heterocycles. The van der Waals surface area contributed by atoms with Gasteiger partial charge in [-0.3, -0.25) is 9.59 Å². The average molecular weight is 450 g/mol. The molecule has 0 aromatic heterocycles. The minimum absolute atomic E-state index is 0.0964. The van der Waals surface area contributed by atoms with Crippen LogP contribution in [0.15, 0.2) is 48.5 Å². The fourth-order valence-corrected chi connectivity index (χ4v) is 3.51. The van der Waals surface area contributed by atoms with Crippen molar-refractivity contribution in [1.29, 1.82) is 0 Å². The molecule has 0 aliphatic carbocycles. The summed E-state index contributed by atoms with van der Waals surface area (Å²) in [6.07, 6.45) is -3.45. The number of piperidine rings is 1. The van der Waals surface area contributed by atoms with Gasteiger partial charge in [-0.25, -0.2) is 0 Å². The number of hydrogen-bond donors (Lipinski definition) is 1. The molecule has 0 atom stereocenters. The highest BCUT2D eigenvalue weighted by Crippen LogP contribution is 2.29. The molecule has 32 heavy (non-hydrogen) atoms. The van der Waals surface area contributed by atoms with E-state index in [1.165, 1.54) is 12.1 Å². The summed E-state index contributed by atoms with van der Waals surface area (Å²) in [5.74, 6) is 0.687. The van der Waals surface area contributed by atoms with Gasteiger partial charge >= 0.3 is 6.18 Å². The third-order valence-corrected chi connectivity index (χ3v) is 5.32. The Morgan fingerprint density at radius 2 is 1.72 bits per heavy atom. The fourth-order valence-electron chi connectivity index (χ4n) is 3.51. The second kappa shape index (κ2) is 10.4. The van der Waals surface area contributed by atoms with Gasteiger partial charge in [-0.05, 0) is 49.2 Å². The number of carbonyl (C=O) groups is 2. The molecule has 2 amide bonds. The van der Waals surface area contributed by atoms with E-state index < -0.39 is 11.7 Å². The summed E-state index contributed by atoms with van der Waals surface area (Å²) < 4.78 is 48.8. The molecule has 3 rings (SSSR count). The van der Waals surface area contributed by atoms with Crippen molar-refractivity contribution < 1.29 is 32.2 Å². The van der Waals surface area contributed by atoms with Crippen LogP contribution >= 0.6 is 0 Å². The van der Waals surface area contributed by atoms with Crippen molar-refractivity contribution in [1.82, 2.24) is 10.2 Å². The Kier molecular flexibility index (Phi) is 7.61. The lowest BCUT2D eigenvalue weighted by Crippen LogP contribution is -2.43. The largest absolute Gasteiger partial charge is 0.497 e. The van der Waals surface area contributed by atoms with Gasteiger partial charge in [0.15, 0.2) is 0 Å². The molecule has 1 fully saturated rings. The Labute approximate surface area is 184 Å². The smallest absolute Gasteiger partial charge is 0.416 e. The van der Waals surface area contributed by atoms with Crippen LogP contribution in [0.5, 0.6) is 11.5 Å². The second-order valence-corrected chi connectivity index (χ2v) is 7.46. The maximum Gasteiger partial charge on any atom is 0.416 e. The van der Waals surface area contributed by atoms with Crippen LogP contribution in [0.4, 0.5) is 13.2 Å². The van der Waals surface area contributed by atoms with E-state index in [4.69, 9.17) is 9.47 Å². The number of nitrogens with zero attached hydrogens (tertiary/aromatic N) is 1. The number of methoxy groups -OCH3 is 1. The van der Waals surface area contributed by atoms with Crippen LogP contribution in [0, 0.1) is 5.92 Å². The number of halogens is 3. The summed E-state index contributed by atoms with van der Waals surface area (Å²) in [7, 11) is 1.57. The zero-order chi connectivity index (χ0) is 23.1. The molecule has 2 aromatic carbocycles. The molecule has 0 unspecified atom stereocenters. The molecule has 1 saturated heterocycles.